The number of hydrogen-bond donors (Lipinski definition) is 2. The molecule has 0 aliphatic rings. The molecule has 0 saturated heterocycles. The second kappa shape index (κ2) is 6.20. The highest BCUT2D eigenvalue weighted by Gasteiger charge is 2.10. The van der Waals surface area contributed by atoms with Crippen LogP contribution in [0.1, 0.15) is 15.9 Å². The maximum Gasteiger partial charge on any atom is 0.252 e. The predicted octanol–water partition coefficient (Wildman–Crippen LogP) is 2.41. The molecule has 1 heterocycles. The van der Waals surface area contributed by atoms with E-state index in [0.29, 0.717) is 18.0 Å². The van der Waals surface area contributed by atoms with E-state index >= 15 is 0 Å². The lowest BCUT2D eigenvalue weighted by molar-refractivity contribution is 0.0954. The summed E-state index contributed by atoms with van der Waals surface area (Å²) < 4.78 is 0. The van der Waals surface area contributed by atoms with Crippen molar-refractivity contribution in [1.82, 2.24) is 10.3 Å². The number of amides is 1. The monoisotopic (exact) mass is 276 g/mol. The number of hydrogen-bond acceptors (Lipinski definition) is 3. The maximum atomic E-state index is 11.9. The van der Waals surface area contributed by atoms with Gasteiger partial charge in [0, 0.05) is 18.9 Å². The first kappa shape index (κ1) is 13.4. The van der Waals surface area contributed by atoms with Gasteiger partial charge in [-0.05, 0) is 36.2 Å². The fourth-order valence-corrected chi connectivity index (χ4v) is 1.85. The third-order valence-electron chi connectivity index (χ3n) is 2.62. The number of phenolic OH excluding ortho intramolecular Hbond substituents is 1. The molecule has 5 heteroatoms. The Hall–Kier alpha value is -2.07. The van der Waals surface area contributed by atoms with Crippen LogP contribution in [0, 0.1) is 0 Å². The molecule has 0 aliphatic heterocycles. The van der Waals surface area contributed by atoms with Crippen LogP contribution < -0.4 is 5.32 Å². The average Bonchev–Trinajstić information content (AvgIpc) is 2.42. The van der Waals surface area contributed by atoms with Crippen molar-refractivity contribution in [1.29, 1.82) is 0 Å². The van der Waals surface area contributed by atoms with Crippen LogP contribution >= 0.6 is 11.6 Å². The van der Waals surface area contributed by atoms with Gasteiger partial charge in [0.2, 0.25) is 0 Å². The molecule has 19 heavy (non-hydrogen) atoms. The first-order chi connectivity index (χ1) is 9.16. The SMILES string of the molecule is O=C(NCCc1cccnc1)c1cc(O)ccc1Cl. The van der Waals surface area contributed by atoms with E-state index in [1.165, 1.54) is 18.2 Å². The summed E-state index contributed by atoms with van der Waals surface area (Å²) in [7, 11) is 0. The zero-order valence-electron chi connectivity index (χ0n) is 10.1. The molecule has 2 aromatic rings. The van der Waals surface area contributed by atoms with E-state index in [-0.39, 0.29) is 17.2 Å². The van der Waals surface area contributed by atoms with Crippen LogP contribution in [0.3, 0.4) is 0 Å². The van der Waals surface area contributed by atoms with Gasteiger partial charge in [-0.25, -0.2) is 0 Å². The van der Waals surface area contributed by atoms with Gasteiger partial charge in [-0.1, -0.05) is 17.7 Å². The van der Waals surface area contributed by atoms with E-state index in [9.17, 15) is 9.90 Å². The molecule has 0 spiro atoms. The second-order valence-corrected chi connectivity index (χ2v) is 4.44. The van der Waals surface area contributed by atoms with E-state index in [1.807, 2.05) is 12.1 Å². The van der Waals surface area contributed by atoms with Gasteiger partial charge in [0.25, 0.3) is 5.91 Å². The fourth-order valence-electron chi connectivity index (χ4n) is 1.65. The van der Waals surface area contributed by atoms with Gasteiger partial charge in [-0.3, -0.25) is 9.78 Å². The van der Waals surface area contributed by atoms with Crippen LogP contribution in [0.2, 0.25) is 5.02 Å². The van der Waals surface area contributed by atoms with E-state index < -0.39 is 0 Å². The summed E-state index contributed by atoms with van der Waals surface area (Å²) in [5, 5.41) is 12.4. The third-order valence-corrected chi connectivity index (χ3v) is 2.95. The topological polar surface area (TPSA) is 62.2 Å². The van der Waals surface area contributed by atoms with Crippen molar-refractivity contribution in [3.05, 3.63) is 58.9 Å². The summed E-state index contributed by atoms with van der Waals surface area (Å²) in [6.45, 7) is 0.483. The number of nitrogens with zero attached hydrogens (tertiary/aromatic N) is 1. The van der Waals surface area contributed by atoms with Gasteiger partial charge in [0.05, 0.1) is 10.6 Å². The zero-order valence-corrected chi connectivity index (χ0v) is 10.9. The first-order valence-corrected chi connectivity index (χ1v) is 6.20. The molecule has 2 rings (SSSR count). The van der Waals surface area contributed by atoms with E-state index in [1.54, 1.807) is 12.4 Å². The summed E-state index contributed by atoms with van der Waals surface area (Å²) in [6, 6.07) is 8.08. The quantitative estimate of drug-likeness (QED) is 0.901. The summed E-state index contributed by atoms with van der Waals surface area (Å²) in [6.07, 6.45) is 4.15. The Balaban J connectivity index is 1.93. The largest absolute Gasteiger partial charge is 0.508 e. The maximum absolute atomic E-state index is 11.9. The fraction of sp³-hybridized carbons (Fsp3) is 0.143. The number of halogens is 1. The number of carbonyl (C=O) groups is 1. The van der Waals surface area contributed by atoms with Crippen molar-refractivity contribution in [2.45, 2.75) is 6.42 Å². The molecule has 0 unspecified atom stereocenters. The molecular formula is C14H13ClN2O2. The number of benzene rings is 1. The number of pyridine rings is 1. The lowest BCUT2D eigenvalue weighted by atomic mass is 10.2. The van der Waals surface area contributed by atoms with Crippen LogP contribution in [0.25, 0.3) is 0 Å². The second-order valence-electron chi connectivity index (χ2n) is 4.03. The Bertz CT molecular complexity index is 573. The molecule has 1 amide bonds. The Morgan fingerprint density at radius 3 is 2.95 bits per heavy atom. The van der Waals surface area contributed by atoms with Crippen LogP contribution in [-0.4, -0.2) is 22.5 Å². The van der Waals surface area contributed by atoms with E-state index in [2.05, 4.69) is 10.3 Å². The molecule has 0 fully saturated rings. The van der Waals surface area contributed by atoms with Crippen molar-refractivity contribution >= 4 is 17.5 Å². The molecule has 4 nitrogen and oxygen atoms in total. The number of aromatic hydroxyl groups is 1. The normalized spacial score (nSPS) is 10.2. The molecule has 0 bridgehead atoms. The van der Waals surface area contributed by atoms with Crippen LogP contribution in [0.4, 0.5) is 0 Å². The number of phenols is 1. The molecule has 1 aromatic heterocycles. The number of rotatable bonds is 4. The van der Waals surface area contributed by atoms with Gasteiger partial charge in [-0.15, -0.1) is 0 Å². The van der Waals surface area contributed by atoms with E-state index in [4.69, 9.17) is 11.6 Å². The minimum atomic E-state index is -0.301. The molecule has 98 valence electrons. The summed E-state index contributed by atoms with van der Waals surface area (Å²) in [5.74, 6) is -0.286. The number of carbonyl (C=O) groups excluding carboxylic acids is 1. The molecule has 1 aromatic carbocycles. The number of aromatic nitrogens is 1. The van der Waals surface area contributed by atoms with Gasteiger partial charge < -0.3 is 10.4 Å². The standard InChI is InChI=1S/C14H13ClN2O2/c15-13-4-3-11(18)8-12(13)14(19)17-7-5-10-2-1-6-16-9-10/h1-4,6,8-9,18H,5,7H2,(H,17,19). The van der Waals surface area contributed by atoms with Crippen molar-refractivity contribution in [3.63, 3.8) is 0 Å². The van der Waals surface area contributed by atoms with E-state index in [0.717, 1.165) is 5.56 Å². The Morgan fingerprint density at radius 1 is 1.37 bits per heavy atom. The van der Waals surface area contributed by atoms with Crippen molar-refractivity contribution in [3.8, 4) is 5.75 Å². The molecule has 2 N–H and O–H groups in total. The van der Waals surface area contributed by atoms with Crippen molar-refractivity contribution < 1.29 is 9.90 Å². The van der Waals surface area contributed by atoms with Gasteiger partial charge >= 0.3 is 0 Å². The van der Waals surface area contributed by atoms with Crippen LogP contribution in [0.15, 0.2) is 42.7 Å². The Labute approximate surface area is 116 Å². The van der Waals surface area contributed by atoms with Crippen molar-refractivity contribution in [2.24, 2.45) is 0 Å². The van der Waals surface area contributed by atoms with Gasteiger partial charge in [0.1, 0.15) is 5.75 Å². The minimum absolute atomic E-state index is 0.0156. The van der Waals surface area contributed by atoms with Gasteiger partial charge in [-0.2, -0.15) is 0 Å². The molecule has 0 radical (unpaired) electrons. The minimum Gasteiger partial charge on any atom is -0.508 e. The molecule has 0 atom stereocenters. The van der Waals surface area contributed by atoms with Gasteiger partial charge in [0.15, 0.2) is 0 Å². The Kier molecular flexibility index (Phi) is 4.36. The molecular weight excluding hydrogens is 264 g/mol. The average molecular weight is 277 g/mol. The molecule has 0 aliphatic carbocycles. The predicted molar refractivity (Wildman–Crippen MR) is 73.4 cm³/mol. The smallest absolute Gasteiger partial charge is 0.252 e. The highest BCUT2D eigenvalue weighted by molar-refractivity contribution is 6.33. The van der Waals surface area contributed by atoms with Crippen molar-refractivity contribution in [2.75, 3.05) is 6.54 Å². The Morgan fingerprint density at radius 2 is 2.21 bits per heavy atom. The van der Waals surface area contributed by atoms with Crippen LogP contribution in [-0.2, 0) is 6.42 Å². The lowest BCUT2D eigenvalue weighted by Gasteiger charge is -2.07. The lowest BCUT2D eigenvalue weighted by Crippen LogP contribution is -2.25. The highest BCUT2D eigenvalue weighted by Crippen LogP contribution is 2.20. The van der Waals surface area contributed by atoms with Crippen LogP contribution in [0.5, 0.6) is 5.75 Å². The summed E-state index contributed by atoms with van der Waals surface area (Å²) in [4.78, 5) is 15.9. The third kappa shape index (κ3) is 3.69. The molecule has 0 saturated carbocycles. The summed E-state index contributed by atoms with van der Waals surface area (Å²) >= 11 is 5.91. The highest BCUT2D eigenvalue weighted by atomic mass is 35.5. The summed E-state index contributed by atoms with van der Waals surface area (Å²) in [5.41, 5.74) is 1.32. The first-order valence-electron chi connectivity index (χ1n) is 5.82. The zero-order chi connectivity index (χ0) is 13.7. The number of nitrogens with one attached hydrogen (secondary N) is 1.